The van der Waals surface area contributed by atoms with Crippen molar-refractivity contribution in [2.45, 2.75) is 25.7 Å². The maximum absolute atomic E-state index is 12.6. The molecule has 150 valence electrons. The highest BCUT2D eigenvalue weighted by Crippen LogP contribution is 2.29. The van der Waals surface area contributed by atoms with Gasteiger partial charge in [0.25, 0.3) is 0 Å². The van der Waals surface area contributed by atoms with Gasteiger partial charge in [-0.2, -0.15) is 4.98 Å². The van der Waals surface area contributed by atoms with E-state index >= 15 is 0 Å². The molecule has 6 nitrogen and oxygen atoms in total. The second-order valence-electron chi connectivity index (χ2n) is 7.07. The number of nitrogens with zero attached hydrogens (tertiary/aromatic N) is 3. The van der Waals surface area contributed by atoms with Gasteiger partial charge in [0.15, 0.2) is 0 Å². The Bertz CT molecular complexity index is 1010. The van der Waals surface area contributed by atoms with E-state index < -0.39 is 0 Å². The van der Waals surface area contributed by atoms with Crippen molar-refractivity contribution in [1.82, 2.24) is 15.0 Å². The zero-order chi connectivity index (χ0) is 20.4. The van der Waals surface area contributed by atoms with Gasteiger partial charge in [-0.05, 0) is 61.7 Å². The van der Waals surface area contributed by atoms with Crippen LogP contribution >= 0.6 is 23.2 Å². The smallest absolute Gasteiger partial charge is 0.321 e. The van der Waals surface area contributed by atoms with E-state index in [1.165, 1.54) is 0 Å². The van der Waals surface area contributed by atoms with Crippen LogP contribution in [-0.4, -0.2) is 34.2 Å². The molecular weight excluding hydrogens is 411 g/mol. The van der Waals surface area contributed by atoms with Gasteiger partial charge in [-0.3, -0.25) is 0 Å². The number of piperidine rings is 1. The zero-order valence-electron chi connectivity index (χ0n) is 15.9. The number of aromatic nitrogens is 2. The number of carbonyl (C=O) groups excluding carboxylic acids is 1. The van der Waals surface area contributed by atoms with E-state index in [0.717, 1.165) is 29.7 Å². The minimum atomic E-state index is -0.124. The first-order chi connectivity index (χ1) is 14.0. The summed E-state index contributed by atoms with van der Waals surface area (Å²) in [6.45, 7) is 3.13. The Morgan fingerprint density at radius 1 is 1.14 bits per heavy atom. The third kappa shape index (κ3) is 4.38. The maximum Gasteiger partial charge on any atom is 0.321 e. The molecule has 0 aliphatic carbocycles. The highest BCUT2D eigenvalue weighted by atomic mass is 35.5. The number of anilines is 1. The van der Waals surface area contributed by atoms with Crippen LogP contribution in [0.2, 0.25) is 10.0 Å². The summed E-state index contributed by atoms with van der Waals surface area (Å²) in [5.41, 5.74) is 2.45. The van der Waals surface area contributed by atoms with Crippen LogP contribution in [0, 0.1) is 6.92 Å². The molecule has 2 amide bonds. The fraction of sp³-hybridized carbons (Fsp3) is 0.286. The first-order valence-electron chi connectivity index (χ1n) is 9.42. The van der Waals surface area contributed by atoms with Gasteiger partial charge in [-0.25, -0.2) is 4.79 Å². The first kappa shape index (κ1) is 19.7. The van der Waals surface area contributed by atoms with Crippen molar-refractivity contribution in [3.63, 3.8) is 0 Å². The van der Waals surface area contributed by atoms with E-state index in [-0.39, 0.29) is 11.9 Å². The highest BCUT2D eigenvalue weighted by molar-refractivity contribution is 6.31. The van der Waals surface area contributed by atoms with Crippen molar-refractivity contribution in [3.05, 3.63) is 64.0 Å². The van der Waals surface area contributed by atoms with E-state index in [1.54, 1.807) is 23.1 Å². The lowest BCUT2D eigenvalue weighted by atomic mass is 9.97. The van der Waals surface area contributed by atoms with Crippen LogP contribution in [0.3, 0.4) is 0 Å². The van der Waals surface area contributed by atoms with Crippen molar-refractivity contribution >= 4 is 34.9 Å². The molecule has 29 heavy (non-hydrogen) atoms. The number of carbonyl (C=O) groups is 1. The molecule has 0 spiro atoms. The van der Waals surface area contributed by atoms with Crippen LogP contribution in [-0.2, 0) is 0 Å². The summed E-state index contributed by atoms with van der Waals surface area (Å²) in [6.07, 6.45) is 1.54. The number of benzene rings is 2. The molecule has 1 aliphatic rings. The van der Waals surface area contributed by atoms with E-state index in [9.17, 15) is 4.79 Å². The lowest BCUT2D eigenvalue weighted by Crippen LogP contribution is -2.40. The molecule has 8 heteroatoms. The number of urea groups is 1. The summed E-state index contributed by atoms with van der Waals surface area (Å²) in [7, 11) is 0. The SMILES string of the molecule is Cc1c(Cl)cccc1NC(=O)N1CCC(c2nc(-c3ccc(Cl)cc3)no2)CC1. The fourth-order valence-corrected chi connectivity index (χ4v) is 3.68. The molecule has 1 saturated heterocycles. The third-order valence-electron chi connectivity index (χ3n) is 5.18. The Kier molecular flexibility index (Phi) is 5.74. The number of hydrogen-bond donors (Lipinski definition) is 1. The van der Waals surface area contributed by atoms with Gasteiger partial charge in [0, 0.05) is 40.3 Å². The average Bonchev–Trinajstić information content (AvgIpc) is 3.22. The van der Waals surface area contributed by atoms with Gasteiger partial charge >= 0.3 is 6.03 Å². The Morgan fingerprint density at radius 2 is 1.86 bits per heavy atom. The summed E-state index contributed by atoms with van der Waals surface area (Å²) in [4.78, 5) is 18.9. The minimum Gasteiger partial charge on any atom is -0.339 e. The van der Waals surface area contributed by atoms with E-state index in [2.05, 4.69) is 15.5 Å². The van der Waals surface area contributed by atoms with Crippen LogP contribution in [0.5, 0.6) is 0 Å². The normalized spacial score (nSPS) is 14.8. The van der Waals surface area contributed by atoms with E-state index in [1.807, 2.05) is 31.2 Å². The second-order valence-corrected chi connectivity index (χ2v) is 7.91. The number of amides is 2. The molecular formula is C21H20Cl2N4O2. The second kappa shape index (κ2) is 8.43. The quantitative estimate of drug-likeness (QED) is 0.572. The fourth-order valence-electron chi connectivity index (χ4n) is 3.38. The standard InChI is InChI=1S/C21H20Cl2N4O2/c1-13-17(23)3-2-4-18(13)24-21(28)27-11-9-15(10-12-27)20-25-19(26-29-20)14-5-7-16(22)8-6-14/h2-8,15H,9-12H2,1H3,(H,24,28). The summed E-state index contributed by atoms with van der Waals surface area (Å²) >= 11 is 12.1. The molecule has 2 heterocycles. The van der Waals surface area contributed by atoms with Gasteiger partial charge < -0.3 is 14.7 Å². The van der Waals surface area contributed by atoms with Crippen molar-refractivity contribution < 1.29 is 9.32 Å². The highest BCUT2D eigenvalue weighted by Gasteiger charge is 2.28. The Balaban J connectivity index is 1.36. The van der Waals surface area contributed by atoms with Crippen LogP contribution in [0.15, 0.2) is 47.0 Å². The first-order valence-corrected chi connectivity index (χ1v) is 10.2. The Morgan fingerprint density at radius 3 is 2.59 bits per heavy atom. The molecule has 0 bridgehead atoms. The molecule has 1 aliphatic heterocycles. The van der Waals surface area contributed by atoms with E-state index in [0.29, 0.717) is 34.8 Å². The average molecular weight is 431 g/mol. The lowest BCUT2D eigenvalue weighted by Gasteiger charge is -2.30. The molecule has 3 aromatic rings. The van der Waals surface area contributed by atoms with Crippen molar-refractivity contribution in [1.29, 1.82) is 0 Å². The number of likely N-dealkylation sites (tertiary alicyclic amines) is 1. The van der Waals surface area contributed by atoms with Crippen molar-refractivity contribution in [3.8, 4) is 11.4 Å². The number of hydrogen-bond acceptors (Lipinski definition) is 4. The van der Waals surface area contributed by atoms with Crippen molar-refractivity contribution in [2.24, 2.45) is 0 Å². The third-order valence-corrected chi connectivity index (χ3v) is 5.85. The van der Waals surface area contributed by atoms with Gasteiger partial charge in [0.1, 0.15) is 0 Å². The van der Waals surface area contributed by atoms with Gasteiger partial charge in [0.05, 0.1) is 0 Å². The lowest BCUT2D eigenvalue weighted by molar-refractivity contribution is 0.187. The van der Waals surface area contributed by atoms with Crippen LogP contribution in [0.4, 0.5) is 10.5 Å². The van der Waals surface area contributed by atoms with Gasteiger partial charge in [-0.15, -0.1) is 0 Å². The Hall–Kier alpha value is -2.57. The monoisotopic (exact) mass is 430 g/mol. The van der Waals surface area contributed by atoms with Gasteiger partial charge in [0.2, 0.25) is 11.7 Å². The molecule has 1 fully saturated rings. The zero-order valence-corrected chi connectivity index (χ0v) is 17.4. The number of nitrogens with one attached hydrogen (secondary N) is 1. The topological polar surface area (TPSA) is 71.3 Å². The van der Waals surface area contributed by atoms with Crippen LogP contribution in [0.1, 0.15) is 30.2 Å². The predicted octanol–water partition coefficient (Wildman–Crippen LogP) is 5.76. The molecule has 0 saturated carbocycles. The largest absolute Gasteiger partial charge is 0.339 e. The minimum absolute atomic E-state index is 0.124. The molecule has 0 atom stereocenters. The van der Waals surface area contributed by atoms with Crippen LogP contribution in [0.25, 0.3) is 11.4 Å². The van der Waals surface area contributed by atoms with E-state index in [4.69, 9.17) is 27.7 Å². The summed E-state index contributed by atoms with van der Waals surface area (Å²) in [5.74, 6) is 1.30. The molecule has 1 N–H and O–H groups in total. The summed E-state index contributed by atoms with van der Waals surface area (Å²) < 4.78 is 5.48. The Labute approximate surface area is 178 Å². The summed E-state index contributed by atoms with van der Waals surface area (Å²) in [6, 6.07) is 12.7. The molecule has 4 rings (SSSR count). The predicted molar refractivity (Wildman–Crippen MR) is 113 cm³/mol. The molecule has 1 aromatic heterocycles. The maximum atomic E-state index is 12.6. The van der Waals surface area contributed by atoms with Gasteiger partial charge in [-0.1, -0.05) is 34.4 Å². The summed E-state index contributed by atoms with van der Waals surface area (Å²) in [5, 5.41) is 8.33. The molecule has 0 radical (unpaired) electrons. The van der Waals surface area contributed by atoms with Crippen molar-refractivity contribution in [2.75, 3.05) is 18.4 Å². The number of halogens is 2. The number of rotatable bonds is 3. The molecule has 2 aromatic carbocycles. The van der Waals surface area contributed by atoms with Crippen LogP contribution < -0.4 is 5.32 Å². The molecule has 0 unspecified atom stereocenters.